The van der Waals surface area contributed by atoms with Crippen molar-refractivity contribution in [2.75, 3.05) is 18.9 Å². The van der Waals surface area contributed by atoms with E-state index in [-0.39, 0.29) is 12.5 Å². The molecule has 194 valence electrons. The van der Waals surface area contributed by atoms with Gasteiger partial charge in [0.15, 0.2) is 5.82 Å². The molecule has 1 saturated heterocycles. The van der Waals surface area contributed by atoms with Gasteiger partial charge in [-0.15, -0.1) is 0 Å². The van der Waals surface area contributed by atoms with Crippen molar-refractivity contribution in [3.63, 3.8) is 0 Å². The first kappa shape index (κ1) is 23.9. The third-order valence-electron chi connectivity index (χ3n) is 6.59. The number of aryl methyl sites for hydroxylation is 1. The molecule has 0 radical (unpaired) electrons. The highest BCUT2D eigenvalue weighted by Gasteiger charge is 2.25. The van der Waals surface area contributed by atoms with Gasteiger partial charge in [0.25, 0.3) is 0 Å². The van der Waals surface area contributed by atoms with Gasteiger partial charge in [-0.2, -0.15) is 5.10 Å². The molecule has 2 aromatic carbocycles. The summed E-state index contributed by atoms with van der Waals surface area (Å²) >= 11 is 0. The molecule has 1 fully saturated rings. The number of nitrogens with two attached hydrogens (primary N) is 1. The summed E-state index contributed by atoms with van der Waals surface area (Å²) in [4.78, 5) is 12.7. The standard InChI is InChI=1S/C27H26FN7O3/c1-34-16-30-13-20(34)14-37-22-10-18(28)11-23(12-22)38-21-4-2-19(3-5-21)35-26-25(31-15-32-27(26)29)24(33-35)17-6-8-36-9-7-17/h2-5,10-13,15-17H,6-9,14H2,1H3,(H2,29,31,32). The predicted octanol–water partition coefficient (Wildman–Crippen LogP) is 4.54. The second-order valence-corrected chi connectivity index (χ2v) is 9.14. The van der Waals surface area contributed by atoms with E-state index in [1.807, 2.05) is 23.7 Å². The first-order valence-corrected chi connectivity index (χ1v) is 12.3. The average molecular weight is 516 g/mol. The van der Waals surface area contributed by atoms with Crippen LogP contribution in [0.1, 0.15) is 30.1 Å². The summed E-state index contributed by atoms with van der Waals surface area (Å²) in [6.07, 6.45) is 6.61. The van der Waals surface area contributed by atoms with Crippen molar-refractivity contribution in [2.24, 2.45) is 7.05 Å². The lowest BCUT2D eigenvalue weighted by molar-refractivity contribution is 0.0846. The zero-order valence-electron chi connectivity index (χ0n) is 20.7. The fourth-order valence-corrected chi connectivity index (χ4v) is 4.58. The van der Waals surface area contributed by atoms with Crippen LogP contribution in [0.15, 0.2) is 61.3 Å². The van der Waals surface area contributed by atoms with Crippen molar-refractivity contribution >= 4 is 16.9 Å². The average Bonchev–Trinajstić information content (AvgIpc) is 3.52. The number of nitrogen functional groups attached to an aromatic ring is 1. The Morgan fingerprint density at radius 3 is 2.61 bits per heavy atom. The SMILES string of the molecule is Cn1cncc1COc1cc(F)cc(Oc2ccc(-n3nc(C4CCOCC4)c4ncnc(N)c43)cc2)c1. The molecule has 3 aromatic heterocycles. The van der Waals surface area contributed by atoms with Crippen LogP contribution in [0.4, 0.5) is 10.2 Å². The molecule has 0 atom stereocenters. The van der Waals surface area contributed by atoms with Crippen molar-refractivity contribution < 1.29 is 18.6 Å². The molecule has 0 amide bonds. The van der Waals surface area contributed by atoms with Crippen LogP contribution in [0.2, 0.25) is 0 Å². The lowest BCUT2D eigenvalue weighted by Gasteiger charge is -2.20. The Bertz CT molecular complexity index is 1580. The van der Waals surface area contributed by atoms with Crippen molar-refractivity contribution in [1.29, 1.82) is 0 Å². The Kier molecular flexibility index (Phi) is 6.34. The molecule has 10 nitrogen and oxygen atoms in total. The van der Waals surface area contributed by atoms with Crippen LogP contribution in [0.3, 0.4) is 0 Å². The topological polar surface area (TPSA) is 115 Å². The monoisotopic (exact) mass is 515 g/mol. The molecule has 38 heavy (non-hydrogen) atoms. The van der Waals surface area contributed by atoms with Gasteiger partial charge >= 0.3 is 0 Å². The highest BCUT2D eigenvalue weighted by atomic mass is 19.1. The van der Waals surface area contributed by atoms with E-state index in [2.05, 4.69) is 15.0 Å². The normalized spacial score (nSPS) is 14.2. The highest BCUT2D eigenvalue weighted by Crippen LogP contribution is 2.34. The van der Waals surface area contributed by atoms with E-state index >= 15 is 0 Å². The summed E-state index contributed by atoms with van der Waals surface area (Å²) in [5, 5.41) is 4.89. The maximum absolute atomic E-state index is 14.3. The summed E-state index contributed by atoms with van der Waals surface area (Å²) in [5.41, 5.74) is 10.2. The molecule has 4 heterocycles. The molecule has 6 rings (SSSR count). The minimum atomic E-state index is -0.460. The van der Waals surface area contributed by atoms with E-state index in [0.29, 0.717) is 41.8 Å². The minimum absolute atomic E-state index is 0.242. The summed E-state index contributed by atoms with van der Waals surface area (Å²) in [6.45, 7) is 1.65. The van der Waals surface area contributed by atoms with Crippen LogP contribution < -0.4 is 15.2 Å². The second kappa shape index (κ2) is 10.1. The Morgan fingerprint density at radius 1 is 1.05 bits per heavy atom. The molecule has 0 unspecified atom stereocenters. The second-order valence-electron chi connectivity index (χ2n) is 9.14. The predicted molar refractivity (Wildman–Crippen MR) is 138 cm³/mol. The van der Waals surface area contributed by atoms with Gasteiger partial charge < -0.3 is 24.5 Å². The van der Waals surface area contributed by atoms with Crippen LogP contribution in [0.5, 0.6) is 17.2 Å². The van der Waals surface area contributed by atoms with Crippen LogP contribution in [0, 0.1) is 5.82 Å². The van der Waals surface area contributed by atoms with Crippen LogP contribution in [-0.4, -0.2) is 42.5 Å². The van der Waals surface area contributed by atoms with E-state index in [1.54, 1.807) is 35.4 Å². The summed E-state index contributed by atoms with van der Waals surface area (Å²) < 4.78 is 35.1. The van der Waals surface area contributed by atoms with Gasteiger partial charge in [-0.1, -0.05) is 0 Å². The number of hydrogen-bond acceptors (Lipinski definition) is 8. The Labute approximate surface area is 217 Å². The van der Waals surface area contributed by atoms with Gasteiger partial charge in [0.2, 0.25) is 0 Å². The van der Waals surface area contributed by atoms with E-state index in [1.165, 1.54) is 18.5 Å². The van der Waals surface area contributed by atoms with Gasteiger partial charge in [-0.3, -0.25) is 0 Å². The smallest absolute Gasteiger partial charge is 0.153 e. The molecule has 1 aliphatic heterocycles. The highest BCUT2D eigenvalue weighted by molar-refractivity contribution is 5.88. The molecule has 11 heteroatoms. The van der Waals surface area contributed by atoms with Crippen molar-refractivity contribution in [1.82, 2.24) is 29.3 Å². The van der Waals surface area contributed by atoms with E-state index < -0.39 is 5.82 Å². The molecule has 0 bridgehead atoms. The lowest BCUT2D eigenvalue weighted by Crippen LogP contribution is -2.15. The number of ether oxygens (including phenoxy) is 3. The van der Waals surface area contributed by atoms with E-state index in [0.717, 1.165) is 35.4 Å². The van der Waals surface area contributed by atoms with Crippen molar-refractivity contribution in [3.05, 3.63) is 78.5 Å². The number of imidazole rings is 1. The van der Waals surface area contributed by atoms with Crippen molar-refractivity contribution in [3.8, 4) is 22.9 Å². The number of halogens is 1. The molecule has 0 spiro atoms. The zero-order chi connectivity index (χ0) is 26.1. The minimum Gasteiger partial charge on any atom is -0.487 e. The maximum Gasteiger partial charge on any atom is 0.153 e. The molecular formula is C27H26FN7O3. The zero-order valence-corrected chi connectivity index (χ0v) is 20.7. The number of nitrogens with zero attached hydrogens (tertiary/aromatic N) is 6. The molecular weight excluding hydrogens is 489 g/mol. The Hall–Kier alpha value is -4.51. The van der Waals surface area contributed by atoms with Gasteiger partial charge in [0.05, 0.1) is 29.6 Å². The number of rotatable bonds is 7. The molecule has 2 N–H and O–H groups in total. The Morgan fingerprint density at radius 2 is 1.84 bits per heavy atom. The Balaban J connectivity index is 1.24. The molecule has 0 saturated carbocycles. The third-order valence-corrected chi connectivity index (χ3v) is 6.59. The van der Waals surface area contributed by atoms with Gasteiger partial charge in [0.1, 0.15) is 47.0 Å². The van der Waals surface area contributed by atoms with Gasteiger partial charge in [-0.25, -0.2) is 24.0 Å². The van der Waals surface area contributed by atoms with Gasteiger partial charge in [-0.05, 0) is 37.1 Å². The molecule has 1 aliphatic rings. The van der Waals surface area contributed by atoms with Gasteiger partial charge in [0, 0.05) is 44.4 Å². The van der Waals surface area contributed by atoms with Crippen LogP contribution in [-0.2, 0) is 18.4 Å². The third kappa shape index (κ3) is 4.75. The quantitative estimate of drug-likeness (QED) is 0.336. The summed E-state index contributed by atoms with van der Waals surface area (Å²) in [6, 6.07) is 11.6. The number of anilines is 1. The van der Waals surface area contributed by atoms with Crippen LogP contribution in [0.25, 0.3) is 16.7 Å². The van der Waals surface area contributed by atoms with E-state index in [9.17, 15) is 4.39 Å². The molecule has 0 aliphatic carbocycles. The summed E-state index contributed by atoms with van der Waals surface area (Å²) in [5.74, 6) is 1.35. The fraction of sp³-hybridized carbons (Fsp3) is 0.259. The number of aromatic nitrogens is 6. The van der Waals surface area contributed by atoms with E-state index in [4.69, 9.17) is 25.0 Å². The number of benzene rings is 2. The maximum atomic E-state index is 14.3. The first-order valence-electron chi connectivity index (χ1n) is 12.3. The lowest BCUT2D eigenvalue weighted by atomic mass is 9.96. The largest absolute Gasteiger partial charge is 0.487 e. The first-order chi connectivity index (χ1) is 18.5. The number of fused-ring (bicyclic) bond motifs is 1. The summed E-state index contributed by atoms with van der Waals surface area (Å²) in [7, 11) is 1.87. The number of hydrogen-bond donors (Lipinski definition) is 1. The molecule has 5 aromatic rings. The van der Waals surface area contributed by atoms with Crippen molar-refractivity contribution in [2.45, 2.75) is 25.4 Å². The van der Waals surface area contributed by atoms with Crippen LogP contribution >= 0.6 is 0 Å². The fourth-order valence-electron chi connectivity index (χ4n) is 4.58.